The molecular weight excluding hydrogens is 371 g/mol. The van der Waals surface area contributed by atoms with E-state index in [2.05, 4.69) is 15.6 Å². The molecule has 0 spiro atoms. The second-order valence-electron chi connectivity index (χ2n) is 7.32. The number of amides is 2. The van der Waals surface area contributed by atoms with Crippen LogP contribution in [0.3, 0.4) is 0 Å². The van der Waals surface area contributed by atoms with E-state index in [1.807, 2.05) is 28.8 Å². The van der Waals surface area contributed by atoms with Crippen LogP contribution in [0.15, 0.2) is 48.5 Å². The first-order valence-corrected chi connectivity index (χ1v) is 9.83. The second-order valence-corrected chi connectivity index (χ2v) is 7.32. The van der Waals surface area contributed by atoms with Gasteiger partial charge in [0.25, 0.3) is 0 Å². The lowest BCUT2D eigenvalue weighted by atomic mass is 10.2. The Morgan fingerprint density at radius 2 is 1.83 bits per heavy atom. The highest BCUT2D eigenvalue weighted by atomic mass is 19.1. The van der Waals surface area contributed by atoms with Crippen molar-refractivity contribution >= 4 is 22.8 Å². The SMILES string of the molecule is O=C(Cn1c(CCNC(=O)C2CC2)nc2ccccc21)NCc1ccc(F)cc1. The molecule has 6 nitrogen and oxygen atoms in total. The molecule has 4 rings (SSSR count). The molecule has 3 aromatic rings. The number of imidazole rings is 1. The standard InChI is InChI=1S/C22H23FN4O2/c23-17-9-5-15(6-10-17)13-25-21(28)14-27-19-4-2-1-3-18(19)26-20(27)11-12-24-22(29)16-7-8-16/h1-6,9-10,16H,7-8,11-14H2,(H,24,29)(H,25,28). The molecule has 0 bridgehead atoms. The molecule has 1 saturated carbocycles. The van der Waals surface area contributed by atoms with E-state index >= 15 is 0 Å². The Kier molecular flexibility index (Phi) is 5.55. The maximum absolute atomic E-state index is 13.0. The number of nitrogens with zero attached hydrogens (tertiary/aromatic N) is 2. The van der Waals surface area contributed by atoms with Crippen molar-refractivity contribution in [2.75, 3.05) is 6.54 Å². The van der Waals surface area contributed by atoms with Gasteiger partial charge in [0.15, 0.2) is 0 Å². The van der Waals surface area contributed by atoms with E-state index in [0.29, 0.717) is 19.5 Å². The summed E-state index contributed by atoms with van der Waals surface area (Å²) in [6.07, 6.45) is 2.50. The number of rotatable bonds is 8. The summed E-state index contributed by atoms with van der Waals surface area (Å²) in [7, 11) is 0. The van der Waals surface area contributed by atoms with Gasteiger partial charge in [-0.25, -0.2) is 9.37 Å². The monoisotopic (exact) mass is 394 g/mol. The Morgan fingerprint density at radius 3 is 2.59 bits per heavy atom. The lowest BCUT2D eigenvalue weighted by Crippen LogP contribution is -2.30. The molecule has 0 aliphatic heterocycles. The minimum absolute atomic E-state index is 0.102. The highest BCUT2D eigenvalue weighted by Crippen LogP contribution is 2.28. The molecule has 1 heterocycles. The number of halogens is 1. The van der Waals surface area contributed by atoms with Gasteiger partial charge in [0, 0.05) is 25.4 Å². The lowest BCUT2D eigenvalue weighted by molar-refractivity contribution is -0.123. The molecule has 1 aliphatic rings. The highest BCUT2D eigenvalue weighted by Gasteiger charge is 2.29. The van der Waals surface area contributed by atoms with Crippen LogP contribution in [-0.4, -0.2) is 27.9 Å². The number of carbonyl (C=O) groups excluding carboxylic acids is 2. The number of aromatic nitrogens is 2. The third-order valence-corrected chi connectivity index (χ3v) is 5.03. The molecule has 0 atom stereocenters. The van der Waals surface area contributed by atoms with E-state index in [4.69, 9.17) is 0 Å². The van der Waals surface area contributed by atoms with Gasteiger partial charge in [-0.1, -0.05) is 24.3 Å². The number of fused-ring (bicyclic) bond motifs is 1. The Bertz CT molecular complexity index is 1020. The van der Waals surface area contributed by atoms with Gasteiger partial charge in [-0.2, -0.15) is 0 Å². The van der Waals surface area contributed by atoms with Crippen molar-refractivity contribution in [3.63, 3.8) is 0 Å². The predicted octanol–water partition coefficient (Wildman–Crippen LogP) is 2.56. The van der Waals surface area contributed by atoms with Crippen molar-refractivity contribution in [3.05, 3.63) is 65.7 Å². The molecule has 2 N–H and O–H groups in total. The van der Waals surface area contributed by atoms with Crippen molar-refractivity contribution < 1.29 is 14.0 Å². The van der Waals surface area contributed by atoms with Crippen LogP contribution in [0.4, 0.5) is 4.39 Å². The smallest absolute Gasteiger partial charge is 0.240 e. The van der Waals surface area contributed by atoms with Gasteiger partial charge in [-0.05, 0) is 42.7 Å². The average molecular weight is 394 g/mol. The fourth-order valence-electron chi connectivity index (χ4n) is 3.28. The molecule has 2 aromatic carbocycles. The summed E-state index contributed by atoms with van der Waals surface area (Å²) < 4.78 is 14.9. The van der Waals surface area contributed by atoms with Crippen LogP contribution in [0.5, 0.6) is 0 Å². The van der Waals surface area contributed by atoms with E-state index in [1.54, 1.807) is 12.1 Å². The Morgan fingerprint density at radius 1 is 1.07 bits per heavy atom. The van der Waals surface area contributed by atoms with Crippen LogP contribution in [0.1, 0.15) is 24.2 Å². The summed E-state index contributed by atoms with van der Waals surface area (Å²) in [6.45, 7) is 0.960. The van der Waals surface area contributed by atoms with Gasteiger partial charge in [0.1, 0.15) is 18.2 Å². The third kappa shape index (κ3) is 4.80. The van der Waals surface area contributed by atoms with Gasteiger partial charge >= 0.3 is 0 Å². The van der Waals surface area contributed by atoms with Crippen LogP contribution in [0.25, 0.3) is 11.0 Å². The topological polar surface area (TPSA) is 76.0 Å². The Hall–Kier alpha value is -3.22. The normalized spacial score (nSPS) is 13.4. The molecule has 0 radical (unpaired) electrons. The zero-order valence-electron chi connectivity index (χ0n) is 16.0. The molecule has 0 saturated heterocycles. The van der Waals surface area contributed by atoms with Crippen LogP contribution in [-0.2, 0) is 29.1 Å². The van der Waals surface area contributed by atoms with Crippen molar-refractivity contribution in [2.24, 2.45) is 5.92 Å². The first-order chi connectivity index (χ1) is 14.1. The second kappa shape index (κ2) is 8.43. The first kappa shape index (κ1) is 19.1. The predicted molar refractivity (Wildman–Crippen MR) is 107 cm³/mol. The molecule has 1 fully saturated rings. The fourth-order valence-corrected chi connectivity index (χ4v) is 3.28. The Balaban J connectivity index is 1.42. The van der Waals surface area contributed by atoms with E-state index in [1.165, 1.54) is 12.1 Å². The molecule has 2 amide bonds. The minimum atomic E-state index is -0.302. The zero-order chi connectivity index (χ0) is 20.2. The van der Waals surface area contributed by atoms with E-state index in [9.17, 15) is 14.0 Å². The molecule has 29 heavy (non-hydrogen) atoms. The highest BCUT2D eigenvalue weighted by molar-refractivity contribution is 5.82. The van der Waals surface area contributed by atoms with Crippen molar-refractivity contribution in [3.8, 4) is 0 Å². The van der Waals surface area contributed by atoms with Crippen LogP contribution < -0.4 is 10.6 Å². The summed E-state index contributed by atoms with van der Waals surface area (Å²) in [5.74, 6) is 0.583. The summed E-state index contributed by atoms with van der Waals surface area (Å²) in [4.78, 5) is 29.0. The van der Waals surface area contributed by atoms with Crippen LogP contribution in [0.2, 0.25) is 0 Å². The van der Waals surface area contributed by atoms with Gasteiger partial charge in [0.2, 0.25) is 11.8 Å². The molecule has 150 valence electrons. The number of nitrogens with one attached hydrogen (secondary N) is 2. The maximum Gasteiger partial charge on any atom is 0.240 e. The Labute approximate surface area is 168 Å². The summed E-state index contributed by atoms with van der Waals surface area (Å²) in [5, 5.41) is 5.81. The summed E-state index contributed by atoms with van der Waals surface area (Å²) >= 11 is 0. The van der Waals surface area contributed by atoms with Crippen molar-refractivity contribution in [1.29, 1.82) is 0 Å². The minimum Gasteiger partial charge on any atom is -0.355 e. The number of carbonyl (C=O) groups is 2. The van der Waals surface area contributed by atoms with E-state index in [0.717, 1.165) is 35.3 Å². The van der Waals surface area contributed by atoms with Gasteiger partial charge < -0.3 is 15.2 Å². The lowest BCUT2D eigenvalue weighted by Gasteiger charge is -2.11. The molecule has 1 aliphatic carbocycles. The number of hydrogen-bond donors (Lipinski definition) is 2. The quantitative estimate of drug-likeness (QED) is 0.617. The van der Waals surface area contributed by atoms with Crippen molar-refractivity contribution in [1.82, 2.24) is 20.2 Å². The van der Waals surface area contributed by atoms with Gasteiger partial charge in [-0.3, -0.25) is 9.59 Å². The van der Waals surface area contributed by atoms with E-state index in [-0.39, 0.29) is 30.1 Å². The molecule has 7 heteroatoms. The largest absolute Gasteiger partial charge is 0.355 e. The number of para-hydroxylation sites is 2. The van der Waals surface area contributed by atoms with Crippen LogP contribution in [0, 0.1) is 11.7 Å². The molecule has 1 aromatic heterocycles. The first-order valence-electron chi connectivity index (χ1n) is 9.83. The summed E-state index contributed by atoms with van der Waals surface area (Å²) in [5.41, 5.74) is 2.54. The fraction of sp³-hybridized carbons (Fsp3) is 0.318. The third-order valence-electron chi connectivity index (χ3n) is 5.03. The van der Waals surface area contributed by atoms with Crippen molar-refractivity contribution in [2.45, 2.75) is 32.4 Å². The zero-order valence-corrected chi connectivity index (χ0v) is 16.0. The maximum atomic E-state index is 13.0. The number of benzene rings is 2. The van der Waals surface area contributed by atoms with E-state index < -0.39 is 0 Å². The average Bonchev–Trinajstić information content (AvgIpc) is 3.52. The molecule has 0 unspecified atom stereocenters. The van der Waals surface area contributed by atoms with Crippen LogP contribution >= 0.6 is 0 Å². The van der Waals surface area contributed by atoms with Gasteiger partial charge in [-0.15, -0.1) is 0 Å². The molecular formula is C22H23FN4O2. The number of hydrogen-bond acceptors (Lipinski definition) is 3. The van der Waals surface area contributed by atoms with Gasteiger partial charge in [0.05, 0.1) is 11.0 Å². The summed E-state index contributed by atoms with van der Waals surface area (Å²) in [6, 6.07) is 13.7.